The third kappa shape index (κ3) is 7.93. The maximum absolute atomic E-state index is 14.2. The van der Waals surface area contributed by atoms with Crippen LogP contribution in [0.25, 0.3) is 32.7 Å². The van der Waals surface area contributed by atoms with Gasteiger partial charge in [0, 0.05) is 69.4 Å². The van der Waals surface area contributed by atoms with Crippen molar-refractivity contribution in [3.63, 3.8) is 0 Å². The normalized spacial score (nSPS) is 18.4. The molecule has 2 saturated heterocycles. The maximum atomic E-state index is 14.2. The molecule has 2 aliphatic heterocycles. The van der Waals surface area contributed by atoms with Gasteiger partial charge in [0.25, 0.3) is 0 Å². The fourth-order valence-corrected chi connectivity index (χ4v) is 8.88. The molecule has 0 aliphatic carbocycles. The van der Waals surface area contributed by atoms with Gasteiger partial charge in [0.2, 0.25) is 11.8 Å². The van der Waals surface area contributed by atoms with Crippen molar-refractivity contribution in [3.8, 4) is 27.4 Å². The minimum atomic E-state index is -0.811. The number of carbonyl (C=O) groups is 2. The van der Waals surface area contributed by atoms with Crippen LogP contribution in [0, 0.1) is 12.8 Å². The van der Waals surface area contributed by atoms with Crippen molar-refractivity contribution >= 4 is 40.0 Å². The van der Waals surface area contributed by atoms with Crippen LogP contribution >= 0.6 is 11.3 Å². The number of aromatic nitrogens is 5. The van der Waals surface area contributed by atoms with Gasteiger partial charge >= 0.3 is 0 Å². The lowest BCUT2D eigenvalue weighted by atomic mass is 9.91. The Labute approximate surface area is 340 Å². The number of H-pyrrole nitrogens is 1. The zero-order valence-corrected chi connectivity index (χ0v) is 34.1. The zero-order chi connectivity index (χ0) is 40.7. The van der Waals surface area contributed by atoms with Crippen molar-refractivity contribution in [2.45, 2.75) is 64.1 Å². The third-order valence-corrected chi connectivity index (χ3v) is 12.5. The zero-order valence-electron chi connectivity index (χ0n) is 33.3. The molecule has 2 fully saturated rings. The molecule has 0 saturated carbocycles. The van der Waals surface area contributed by atoms with E-state index in [9.17, 15) is 19.8 Å². The number of amides is 2. The largest absolute Gasteiger partial charge is 0.507 e. The molecule has 302 valence electrons. The first-order valence-corrected chi connectivity index (χ1v) is 20.7. The Hall–Kier alpha value is -5.64. The second-order valence-electron chi connectivity index (χ2n) is 16.0. The molecule has 8 rings (SSSR count). The topological polar surface area (TPSA) is 177 Å². The van der Waals surface area contributed by atoms with Gasteiger partial charge in [-0.1, -0.05) is 55.4 Å². The molecule has 58 heavy (non-hydrogen) atoms. The van der Waals surface area contributed by atoms with Gasteiger partial charge < -0.3 is 39.7 Å². The SMILES string of the molecule is Cc1ncsc1-c1ccc([C@H](C)NC(=O)[C@@H]2C[C@@H](O)CN2C(=O)[C@@H](c2cc(N(C)CCN3CC(c4cc5nnc(-c6ccccc6O)cc5[nH]4)C3)no2)C(C)C)cc1. The number of phenols is 1. The summed E-state index contributed by atoms with van der Waals surface area (Å²) in [6.07, 6.45) is -0.648. The number of aromatic hydroxyl groups is 1. The second-order valence-corrected chi connectivity index (χ2v) is 16.8. The van der Waals surface area contributed by atoms with Gasteiger partial charge in [-0.05, 0) is 55.2 Å². The summed E-state index contributed by atoms with van der Waals surface area (Å²) in [5, 5.41) is 37.1. The Morgan fingerprint density at radius 3 is 2.55 bits per heavy atom. The lowest BCUT2D eigenvalue weighted by Crippen LogP contribution is -2.48. The first kappa shape index (κ1) is 39.2. The Bertz CT molecular complexity index is 2400. The summed E-state index contributed by atoms with van der Waals surface area (Å²) in [5.41, 5.74) is 8.88. The minimum Gasteiger partial charge on any atom is -0.507 e. The number of thiazole rings is 1. The van der Waals surface area contributed by atoms with Crippen molar-refractivity contribution in [2.24, 2.45) is 5.92 Å². The van der Waals surface area contributed by atoms with E-state index in [0.29, 0.717) is 35.3 Å². The first-order valence-electron chi connectivity index (χ1n) is 19.8. The number of rotatable bonds is 13. The monoisotopic (exact) mass is 803 g/mol. The number of aromatic amines is 1. The first-order chi connectivity index (χ1) is 27.9. The van der Waals surface area contributed by atoms with Crippen LogP contribution in [0.1, 0.15) is 67.8 Å². The van der Waals surface area contributed by atoms with E-state index in [2.05, 4.69) is 41.6 Å². The van der Waals surface area contributed by atoms with Crippen LogP contribution in [-0.4, -0.2) is 109 Å². The van der Waals surface area contributed by atoms with E-state index in [0.717, 1.165) is 58.1 Å². The fraction of sp³-hybridized carbons (Fsp3) is 0.395. The molecular weight excluding hydrogens is 755 g/mol. The number of likely N-dealkylation sites (N-methyl/N-ethyl adjacent to an activating group) is 1. The lowest BCUT2D eigenvalue weighted by molar-refractivity contribution is -0.141. The van der Waals surface area contributed by atoms with Crippen LogP contribution in [-0.2, 0) is 9.59 Å². The van der Waals surface area contributed by atoms with Gasteiger partial charge in [-0.2, -0.15) is 0 Å². The summed E-state index contributed by atoms with van der Waals surface area (Å²) in [4.78, 5) is 42.8. The van der Waals surface area contributed by atoms with Crippen LogP contribution < -0.4 is 10.2 Å². The number of carbonyl (C=O) groups excluding carboxylic acids is 2. The van der Waals surface area contributed by atoms with Crippen molar-refractivity contribution in [3.05, 3.63) is 95.0 Å². The highest BCUT2D eigenvalue weighted by Gasteiger charge is 2.43. The molecule has 4 aromatic heterocycles. The molecule has 0 radical (unpaired) electrons. The number of likely N-dealkylation sites (tertiary alicyclic amines) is 2. The number of para-hydroxylation sites is 1. The van der Waals surface area contributed by atoms with Gasteiger partial charge in [0.15, 0.2) is 11.6 Å². The molecular formula is C43H49N9O5S. The van der Waals surface area contributed by atoms with Crippen molar-refractivity contribution in [1.29, 1.82) is 0 Å². The highest BCUT2D eigenvalue weighted by atomic mass is 32.1. The summed E-state index contributed by atoms with van der Waals surface area (Å²) in [5.74, 6) is 0.177. The molecule has 15 heteroatoms. The second kappa shape index (κ2) is 16.3. The number of β-amino-alcohol motifs (C(OH)–C–C–N with tert-alkyl or cyclic N) is 1. The van der Waals surface area contributed by atoms with Crippen molar-refractivity contribution in [1.82, 2.24) is 40.4 Å². The molecule has 2 amide bonds. The molecule has 0 bridgehead atoms. The number of nitrogens with one attached hydrogen (secondary N) is 2. The van der Waals surface area contributed by atoms with Crippen molar-refractivity contribution < 1.29 is 24.3 Å². The summed E-state index contributed by atoms with van der Waals surface area (Å²) in [7, 11) is 1.95. The summed E-state index contributed by atoms with van der Waals surface area (Å²) in [6, 6.07) is 19.8. The van der Waals surface area contributed by atoms with Gasteiger partial charge in [0.1, 0.15) is 23.2 Å². The van der Waals surface area contributed by atoms with Crippen LogP contribution in [0.5, 0.6) is 5.75 Å². The van der Waals surface area contributed by atoms with Gasteiger partial charge in [0.05, 0.1) is 39.4 Å². The van der Waals surface area contributed by atoms with E-state index in [1.807, 2.05) is 93.7 Å². The average Bonchev–Trinajstić information content (AvgIpc) is 4.01. The molecule has 0 unspecified atom stereocenters. The Kier molecular flexibility index (Phi) is 11.0. The van der Waals surface area contributed by atoms with Gasteiger partial charge in [-0.25, -0.2) is 4.98 Å². The average molecular weight is 804 g/mol. The van der Waals surface area contributed by atoms with Crippen LogP contribution in [0.3, 0.4) is 0 Å². The molecule has 6 aromatic rings. The van der Waals surface area contributed by atoms with E-state index in [-0.39, 0.29) is 42.5 Å². The predicted octanol–water partition coefficient (Wildman–Crippen LogP) is 5.86. The number of aliphatic hydroxyl groups excluding tert-OH is 1. The number of benzene rings is 2. The lowest BCUT2D eigenvalue weighted by Gasteiger charge is -2.39. The molecule has 14 nitrogen and oxygen atoms in total. The Morgan fingerprint density at radius 2 is 1.83 bits per heavy atom. The van der Waals surface area contributed by atoms with E-state index in [1.54, 1.807) is 23.5 Å². The van der Waals surface area contributed by atoms with Crippen LogP contribution in [0.2, 0.25) is 0 Å². The highest BCUT2D eigenvalue weighted by Crippen LogP contribution is 2.35. The molecule has 2 aromatic carbocycles. The van der Waals surface area contributed by atoms with Crippen LogP contribution in [0.15, 0.2) is 76.8 Å². The number of hydrogen-bond donors (Lipinski definition) is 4. The third-order valence-electron chi connectivity index (χ3n) is 11.5. The van der Waals surface area contributed by atoms with E-state index in [4.69, 9.17) is 4.52 Å². The van der Waals surface area contributed by atoms with E-state index < -0.39 is 18.1 Å². The number of phenolic OH excluding ortho intramolecular Hbond substituents is 1. The fourth-order valence-electron chi connectivity index (χ4n) is 8.06. The molecule has 4 N–H and O–H groups in total. The van der Waals surface area contributed by atoms with E-state index >= 15 is 0 Å². The number of anilines is 1. The predicted molar refractivity (Wildman–Crippen MR) is 222 cm³/mol. The van der Waals surface area contributed by atoms with Gasteiger partial charge in [-0.15, -0.1) is 21.5 Å². The Morgan fingerprint density at radius 1 is 1.05 bits per heavy atom. The number of hydrogen-bond acceptors (Lipinski definition) is 12. The summed E-state index contributed by atoms with van der Waals surface area (Å²) >= 11 is 1.59. The smallest absolute Gasteiger partial charge is 0.243 e. The minimum absolute atomic E-state index is 0.0698. The maximum Gasteiger partial charge on any atom is 0.243 e. The molecule has 2 aliphatic rings. The number of aliphatic hydroxyl groups is 1. The number of fused-ring (bicyclic) bond motifs is 1. The molecule has 4 atom stereocenters. The van der Waals surface area contributed by atoms with E-state index in [1.165, 1.54) is 4.90 Å². The molecule has 0 spiro atoms. The standard InChI is InChI=1S/C43H49N9O5S/c1-24(2)40(43(56)52-22-30(53)16-36(52)42(55)45-25(3)27-10-12-28(13-11-27)41-26(4)44-23-58-41)38-19-39(49-57-38)50(5)14-15-51-20-29(21-51)32-17-35-34(46-32)18-33(47-48-35)31-8-6-7-9-37(31)54/h6-13,17-19,23-25,29-30,36,40,46,53-54H,14-16,20-22H2,1-5H3,(H,45,55)/t25-,30+,36-,40+/m0/s1. The summed E-state index contributed by atoms with van der Waals surface area (Å²) in [6.45, 7) is 11.2. The van der Waals surface area contributed by atoms with Crippen molar-refractivity contribution in [2.75, 3.05) is 44.7 Å². The highest BCUT2D eigenvalue weighted by molar-refractivity contribution is 7.13. The van der Waals surface area contributed by atoms with Gasteiger partial charge in [-0.3, -0.25) is 9.59 Å². The van der Waals surface area contributed by atoms with Crippen LogP contribution in [0.4, 0.5) is 5.82 Å². The number of nitrogens with zero attached hydrogens (tertiary/aromatic N) is 7. The quantitative estimate of drug-likeness (QED) is 0.110. The molecule has 6 heterocycles. The summed E-state index contributed by atoms with van der Waals surface area (Å²) < 4.78 is 5.82. The number of aryl methyl sites for hydroxylation is 1. The Balaban J connectivity index is 0.855.